The monoisotopic (exact) mass is 301 g/mol. The van der Waals surface area contributed by atoms with Gasteiger partial charge < -0.3 is 10.6 Å². The average Bonchev–Trinajstić information content (AvgIpc) is 2.52. The van der Waals surface area contributed by atoms with Crippen molar-refractivity contribution in [3.63, 3.8) is 0 Å². The number of rotatable bonds is 7. The highest BCUT2D eigenvalue weighted by Gasteiger charge is 2.20. The predicted octanol–water partition coefficient (Wildman–Crippen LogP) is 3.37. The summed E-state index contributed by atoms with van der Waals surface area (Å²) < 4.78 is 13.0. The van der Waals surface area contributed by atoms with Crippen molar-refractivity contribution in [3.05, 3.63) is 59.5 Å². The molecule has 0 aliphatic rings. The zero-order valence-corrected chi connectivity index (χ0v) is 13.5. The minimum Gasteiger partial charge on any atom is -0.369 e. The normalized spacial score (nSPS) is 11.5. The van der Waals surface area contributed by atoms with Crippen LogP contribution in [0, 0.1) is 5.82 Å². The number of nitrogens with one attached hydrogen (secondary N) is 2. The molecule has 2 N–H and O–H groups in total. The molecule has 2 aromatic rings. The molecule has 1 aromatic carbocycles. The summed E-state index contributed by atoms with van der Waals surface area (Å²) in [4.78, 5) is 4.44. The molecule has 118 valence electrons. The van der Waals surface area contributed by atoms with E-state index in [4.69, 9.17) is 0 Å². The van der Waals surface area contributed by atoms with Crippen LogP contribution in [0.25, 0.3) is 0 Å². The zero-order chi connectivity index (χ0) is 16.0. The number of pyridine rings is 1. The summed E-state index contributed by atoms with van der Waals surface area (Å²) in [6, 6.07) is 10.8. The van der Waals surface area contributed by atoms with Crippen LogP contribution in [-0.2, 0) is 11.8 Å². The maximum atomic E-state index is 13.0. The highest BCUT2D eigenvalue weighted by molar-refractivity contribution is 5.37. The minimum atomic E-state index is -0.202. The van der Waals surface area contributed by atoms with Gasteiger partial charge in [0.2, 0.25) is 0 Å². The van der Waals surface area contributed by atoms with E-state index in [1.165, 1.54) is 17.7 Å². The van der Waals surface area contributed by atoms with E-state index < -0.39 is 0 Å². The summed E-state index contributed by atoms with van der Waals surface area (Å²) in [6.07, 6.45) is 2.88. The molecule has 1 heterocycles. The molecule has 0 radical (unpaired) electrons. The van der Waals surface area contributed by atoms with E-state index in [0.717, 1.165) is 30.9 Å². The molecule has 0 fully saturated rings. The van der Waals surface area contributed by atoms with Gasteiger partial charge in [0, 0.05) is 18.2 Å². The van der Waals surface area contributed by atoms with Crippen molar-refractivity contribution in [2.75, 3.05) is 25.5 Å². The summed E-state index contributed by atoms with van der Waals surface area (Å²) in [5.74, 6) is 0.662. The Morgan fingerprint density at radius 3 is 2.41 bits per heavy atom. The fourth-order valence-corrected chi connectivity index (χ4v) is 2.26. The second-order valence-corrected chi connectivity index (χ2v) is 6.15. The molecule has 0 unspecified atom stereocenters. The van der Waals surface area contributed by atoms with Gasteiger partial charge >= 0.3 is 0 Å². The van der Waals surface area contributed by atoms with Crippen LogP contribution >= 0.6 is 0 Å². The van der Waals surface area contributed by atoms with Crippen molar-refractivity contribution in [2.24, 2.45) is 0 Å². The van der Waals surface area contributed by atoms with Gasteiger partial charge in [-0.15, -0.1) is 0 Å². The van der Waals surface area contributed by atoms with Crippen LogP contribution in [0.4, 0.5) is 10.2 Å². The molecule has 0 atom stereocenters. The van der Waals surface area contributed by atoms with Gasteiger partial charge in [0.25, 0.3) is 0 Å². The van der Waals surface area contributed by atoms with Gasteiger partial charge in [0.1, 0.15) is 11.6 Å². The minimum absolute atomic E-state index is 0.0970. The third kappa shape index (κ3) is 4.53. The lowest BCUT2D eigenvalue weighted by Gasteiger charge is -2.26. The zero-order valence-electron chi connectivity index (χ0n) is 13.5. The van der Waals surface area contributed by atoms with Crippen LogP contribution in [0.15, 0.2) is 42.6 Å². The van der Waals surface area contributed by atoms with Gasteiger partial charge in [-0.05, 0) is 49.3 Å². The molecule has 4 heteroatoms. The Balaban J connectivity index is 1.95. The summed E-state index contributed by atoms with van der Waals surface area (Å²) in [6.45, 7) is 5.95. The van der Waals surface area contributed by atoms with E-state index in [9.17, 15) is 4.39 Å². The van der Waals surface area contributed by atoms with Crippen LogP contribution in [0.2, 0.25) is 0 Å². The number of halogens is 1. The molecule has 1 aromatic heterocycles. The Bertz CT molecular complexity index is 576. The highest BCUT2D eigenvalue weighted by Crippen LogP contribution is 2.23. The first-order chi connectivity index (χ1) is 10.5. The molecule has 0 bridgehead atoms. The Morgan fingerprint density at radius 2 is 1.82 bits per heavy atom. The van der Waals surface area contributed by atoms with E-state index in [2.05, 4.69) is 35.5 Å². The molecular weight excluding hydrogens is 277 g/mol. The van der Waals surface area contributed by atoms with Gasteiger partial charge in [0.05, 0.1) is 0 Å². The number of anilines is 1. The summed E-state index contributed by atoms with van der Waals surface area (Å²) in [7, 11) is 1.95. The first-order valence-electron chi connectivity index (χ1n) is 7.61. The van der Waals surface area contributed by atoms with Crippen molar-refractivity contribution in [3.8, 4) is 0 Å². The number of aromatic nitrogens is 1. The Kier molecular flexibility index (Phi) is 5.50. The summed E-state index contributed by atoms with van der Waals surface area (Å²) in [5.41, 5.74) is 2.23. The second kappa shape index (κ2) is 7.36. The SMILES string of the molecule is CNCCc1ccc(NCC(C)(C)c2ccc(F)cc2)nc1. The van der Waals surface area contributed by atoms with Crippen molar-refractivity contribution in [2.45, 2.75) is 25.7 Å². The lowest BCUT2D eigenvalue weighted by atomic mass is 9.84. The Labute approximate surface area is 132 Å². The van der Waals surface area contributed by atoms with Crippen molar-refractivity contribution in [1.29, 1.82) is 0 Å². The van der Waals surface area contributed by atoms with Crippen LogP contribution in [0.1, 0.15) is 25.0 Å². The maximum absolute atomic E-state index is 13.0. The van der Waals surface area contributed by atoms with Gasteiger partial charge in [0.15, 0.2) is 0 Å². The van der Waals surface area contributed by atoms with E-state index in [0.29, 0.717) is 0 Å². The molecule has 0 spiro atoms. The lowest BCUT2D eigenvalue weighted by Crippen LogP contribution is -2.27. The van der Waals surface area contributed by atoms with Crippen LogP contribution in [0.3, 0.4) is 0 Å². The standard InChI is InChI=1S/C18H24FN3/c1-18(2,15-5-7-16(19)8-6-15)13-22-17-9-4-14(12-21-17)10-11-20-3/h4-9,12,20H,10-11,13H2,1-3H3,(H,21,22). The Morgan fingerprint density at radius 1 is 1.09 bits per heavy atom. The molecular formula is C18H24FN3. The van der Waals surface area contributed by atoms with E-state index in [1.54, 1.807) is 0 Å². The summed E-state index contributed by atoms with van der Waals surface area (Å²) in [5, 5.41) is 6.49. The highest BCUT2D eigenvalue weighted by atomic mass is 19.1. The van der Waals surface area contributed by atoms with Crippen molar-refractivity contribution >= 4 is 5.82 Å². The van der Waals surface area contributed by atoms with E-state index in [-0.39, 0.29) is 11.2 Å². The number of likely N-dealkylation sites (N-methyl/N-ethyl adjacent to an activating group) is 1. The van der Waals surface area contributed by atoms with Crippen LogP contribution in [0.5, 0.6) is 0 Å². The van der Waals surface area contributed by atoms with Gasteiger partial charge in [-0.25, -0.2) is 9.37 Å². The van der Waals surface area contributed by atoms with E-state index >= 15 is 0 Å². The predicted molar refractivity (Wildman–Crippen MR) is 89.8 cm³/mol. The lowest BCUT2D eigenvalue weighted by molar-refractivity contribution is 0.552. The topological polar surface area (TPSA) is 37.0 Å². The molecule has 0 saturated heterocycles. The molecule has 0 aliphatic heterocycles. The average molecular weight is 301 g/mol. The van der Waals surface area contributed by atoms with Gasteiger partial charge in [-0.2, -0.15) is 0 Å². The van der Waals surface area contributed by atoms with Crippen molar-refractivity contribution < 1.29 is 4.39 Å². The van der Waals surface area contributed by atoms with E-state index in [1.807, 2.05) is 31.4 Å². The summed E-state index contributed by atoms with van der Waals surface area (Å²) >= 11 is 0. The fourth-order valence-electron chi connectivity index (χ4n) is 2.26. The molecule has 22 heavy (non-hydrogen) atoms. The maximum Gasteiger partial charge on any atom is 0.125 e. The number of hydrogen-bond acceptors (Lipinski definition) is 3. The second-order valence-electron chi connectivity index (χ2n) is 6.15. The number of benzene rings is 1. The van der Waals surface area contributed by atoms with Crippen molar-refractivity contribution in [1.82, 2.24) is 10.3 Å². The molecule has 0 saturated carbocycles. The first kappa shape index (κ1) is 16.4. The number of hydrogen-bond donors (Lipinski definition) is 2. The number of nitrogens with zero attached hydrogens (tertiary/aromatic N) is 1. The largest absolute Gasteiger partial charge is 0.369 e. The fraction of sp³-hybridized carbons (Fsp3) is 0.389. The third-order valence-electron chi connectivity index (χ3n) is 3.83. The Hall–Kier alpha value is -1.94. The van der Waals surface area contributed by atoms with Crippen LogP contribution < -0.4 is 10.6 Å². The molecule has 2 rings (SSSR count). The third-order valence-corrected chi connectivity index (χ3v) is 3.83. The first-order valence-corrected chi connectivity index (χ1v) is 7.61. The van der Waals surface area contributed by atoms with Crippen LogP contribution in [-0.4, -0.2) is 25.1 Å². The molecule has 0 aliphatic carbocycles. The van der Waals surface area contributed by atoms with Gasteiger partial charge in [-0.1, -0.05) is 32.0 Å². The quantitative estimate of drug-likeness (QED) is 0.823. The molecule has 0 amide bonds. The smallest absolute Gasteiger partial charge is 0.125 e. The van der Waals surface area contributed by atoms with Gasteiger partial charge in [-0.3, -0.25) is 0 Å². The molecule has 3 nitrogen and oxygen atoms in total.